The molecule has 3 atom stereocenters. The standard InChI is InChI=1S/C10H17NO3.ClH/c1-13-10(12)7-4-8-6-14-3-2-9(8)11-5-7;/h7-9,11H,2-6H2,1H3;1H. The van der Waals surface area contributed by atoms with Crippen LogP contribution in [0.4, 0.5) is 0 Å². The number of fused-ring (bicyclic) bond motifs is 1. The number of hydrogen-bond acceptors (Lipinski definition) is 4. The van der Waals surface area contributed by atoms with E-state index in [9.17, 15) is 4.79 Å². The topological polar surface area (TPSA) is 47.6 Å². The van der Waals surface area contributed by atoms with Gasteiger partial charge >= 0.3 is 5.97 Å². The molecule has 0 radical (unpaired) electrons. The van der Waals surface area contributed by atoms with Gasteiger partial charge in [0.15, 0.2) is 0 Å². The summed E-state index contributed by atoms with van der Waals surface area (Å²) in [6.07, 6.45) is 1.98. The van der Waals surface area contributed by atoms with Crippen LogP contribution >= 0.6 is 12.4 Å². The number of esters is 1. The van der Waals surface area contributed by atoms with Gasteiger partial charge in [-0.25, -0.2) is 0 Å². The van der Waals surface area contributed by atoms with E-state index >= 15 is 0 Å². The molecule has 3 unspecified atom stereocenters. The number of hydrogen-bond donors (Lipinski definition) is 1. The fourth-order valence-corrected chi connectivity index (χ4v) is 2.39. The Kier molecular flexibility index (Phi) is 4.83. The van der Waals surface area contributed by atoms with Gasteiger partial charge in [0.25, 0.3) is 0 Å². The van der Waals surface area contributed by atoms with Gasteiger partial charge in [0.1, 0.15) is 0 Å². The van der Waals surface area contributed by atoms with Crippen LogP contribution in [-0.4, -0.2) is 38.9 Å². The Morgan fingerprint density at radius 2 is 2.33 bits per heavy atom. The van der Waals surface area contributed by atoms with E-state index < -0.39 is 0 Å². The second kappa shape index (κ2) is 5.68. The van der Waals surface area contributed by atoms with Crippen molar-refractivity contribution in [2.45, 2.75) is 18.9 Å². The van der Waals surface area contributed by atoms with Crippen LogP contribution in [0, 0.1) is 11.8 Å². The van der Waals surface area contributed by atoms with Gasteiger partial charge < -0.3 is 14.8 Å². The Bertz CT molecular complexity index is 225. The molecule has 0 aromatic rings. The first kappa shape index (κ1) is 12.7. The third-order valence-corrected chi connectivity index (χ3v) is 3.22. The summed E-state index contributed by atoms with van der Waals surface area (Å²) in [5.41, 5.74) is 0. The Morgan fingerprint density at radius 3 is 3.07 bits per heavy atom. The molecule has 2 aliphatic rings. The third kappa shape index (κ3) is 2.83. The average Bonchev–Trinajstić information content (AvgIpc) is 2.27. The molecule has 0 spiro atoms. The first-order valence-electron chi connectivity index (χ1n) is 5.20. The van der Waals surface area contributed by atoms with E-state index in [2.05, 4.69) is 5.32 Å². The lowest BCUT2D eigenvalue weighted by atomic mass is 9.83. The Labute approximate surface area is 96.1 Å². The van der Waals surface area contributed by atoms with Crippen LogP contribution in [0.5, 0.6) is 0 Å². The van der Waals surface area contributed by atoms with Gasteiger partial charge in [-0.3, -0.25) is 4.79 Å². The molecule has 88 valence electrons. The van der Waals surface area contributed by atoms with Crippen molar-refractivity contribution in [2.75, 3.05) is 26.9 Å². The molecule has 0 bridgehead atoms. The second-order valence-electron chi connectivity index (χ2n) is 4.09. The lowest BCUT2D eigenvalue weighted by molar-refractivity contribution is -0.147. The van der Waals surface area contributed by atoms with Crippen molar-refractivity contribution in [3.8, 4) is 0 Å². The first-order chi connectivity index (χ1) is 6.81. The summed E-state index contributed by atoms with van der Waals surface area (Å²) in [5, 5.41) is 3.41. The van der Waals surface area contributed by atoms with Gasteiger partial charge in [-0.2, -0.15) is 0 Å². The van der Waals surface area contributed by atoms with Crippen molar-refractivity contribution in [2.24, 2.45) is 11.8 Å². The normalized spacial score (nSPS) is 34.9. The fraction of sp³-hybridized carbons (Fsp3) is 0.900. The summed E-state index contributed by atoms with van der Waals surface area (Å²) in [6, 6.07) is 0.546. The van der Waals surface area contributed by atoms with E-state index in [0.717, 1.165) is 32.6 Å². The summed E-state index contributed by atoms with van der Waals surface area (Å²) >= 11 is 0. The Balaban J connectivity index is 0.00000112. The van der Waals surface area contributed by atoms with E-state index in [1.807, 2.05) is 0 Å². The number of carbonyl (C=O) groups is 1. The molecule has 0 aromatic carbocycles. The summed E-state index contributed by atoms with van der Waals surface area (Å²) in [7, 11) is 1.45. The molecule has 0 amide bonds. The number of methoxy groups -OCH3 is 1. The summed E-state index contributed by atoms with van der Waals surface area (Å²) in [5.74, 6) is 0.408. The zero-order valence-electron chi connectivity index (χ0n) is 8.90. The van der Waals surface area contributed by atoms with Gasteiger partial charge in [0, 0.05) is 19.2 Å². The van der Waals surface area contributed by atoms with E-state index in [-0.39, 0.29) is 24.3 Å². The fourth-order valence-electron chi connectivity index (χ4n) is 2.39. The summed E-state index contributed by atoms with van der Waals surface area (Å²) in [4.78, 5) is 11.3. The Morgan fingerprint density at radius 1 is 1.53 bits per heavy atom. The number of halogens is 1. The van der Waals surface area contributed by atoms with E-state index in [0.29, 0.717) is 12.0 Å². The molecule has 0 aliphatic carbocycles. The van der Waals surface area contributed by atoms with E-state index in [1.165, 1.54) is 7.11 Å². The van der Waals surface area contributed by atoms with Gasteiger partial charge in [-0.1, -0.05) is 0 Å². The van der Waals surface area contributed by atoms with Gasteiger partial charge in [0.2, 0.25) is 0 Å². The molecule has 2 saturated heterocycles. The van der Waals surface area contributed by atoms with Crippen LogP contribution in [0.25, 0.3) is 0 Å². The molecule has 0 saturated carbocycles. The maximum atomic E-state index is 11.3. The van der Waals surface area contributed by atoms with Crippen LogP contribution in [-0.2, 0) is 14.3 Å². The highest BCUT2D eigenvalue weighted by Gasteiger charge is 2.35. The minimum absolute atomic E-state index is 0. The van der Waals surface area contributed by atoms with Gasteiger partial charge in [-0.15, -0.1) is 12.4 Å². The minimum atomic E-state index is -0.0958. The van der Waals surface area contributed by atoms with Crippen molar-refractivity contribution >= 4 is 18.4 Å². The van der Waals surface area contributed by atoms with Crippen molar-refractivity contribution in [1.29, 1.82) is 0 Å². The van der Waals surface area contributed by atoms with Crippen LogP contribution in [0.1, 0.15) is 12.8 Å². The van der Waals surface area contributed by atoms with Crippen LogP contribution < -0.4 is 5.32 Å². The lowest BCUT2D eigenvalue weighted by Gasteiger charge is -2.38. The summed E-state index contributed by atoms with van der Waals surface area (Å²) < 4.78 is 10.2. The highest BCUT2D eigenvalue weighted by atomic mass is 35.5. The predicted molar refractivity (Wildman–Crippen MR) is 58.1 cm³/mol. The average molecular weight is 236 g/mol. The molecule has 5 heteroatoms. The predicted octanol–water partition coefficient (Wildman–Crippen LogP) is 0.596. The van der Waals surface area contributed by atoms with Crippen LogP contribution in [0.3, 0.4) is 0 Å². The number of piperidine rings is 1. The van der Waals surface area contributed by atoms with E-state index in [1.54, 1.807) is 0 Å². The highest BCUT2D eigenvalue weighted by molar-refractivity contribution is 5.85. The third-order valence-electron chi connectivity index (χ3n) is 3.22. The molecule has 2 aliphatic heterocycles. The molecule has 4 nitrogen and oxygen atoms in total. The van der Waals surface area contributed by atoms with Crippen molar-refractivity contribution in [3.05, 3.63) is 0 Å². The molecule has 2 heterocycles. The molecule has 15 heavy (non-hydrogen) atoms. The number of rotatable bonds is 1. The molecule has 1 N–H and O–H groups in total. The maximum Gasteiger partial charge on any atom is 0.309 e. The smallest absolute Gasteiger partial charge is 0.309 e. The maximum absolute atomic E-state index is 11.3. The second-order valence-corrected chi connectivity index (χ2v) is 4.09. The quantitative estimate of drug-likeness (QED) is 0.676. The SMILES string of the molecule is COC(=O)C1CNC2CCOCC2C1.Cl. The number of carbonyl (C=O) groups excluding carboxylic acids is 1. The van der Waals surface area contributed by atoms with Crippen molar-refractivity contribution in [3.63, 3.8) is 0 Å². The monoisotopic (exact) mass is 235 g/mol. The minimum Gasteiger partial charge on any atom is -0.469 e. The first-order valence-corrected chi connectivity index (χ1v) is 5.20. The highest BCUT2D eigenvalue weighted by Crippen LogP contribution is 2.26. The number of ether oxygens (including phenoxy) is 2. The number of nitrogens with one attached hydrogen (secondary N) is 1. The van der Waals surface area contributed by atoms with Crippen LogP contribution in [0.15, 0.2) is 0 Å². The summed E-state index contributed by atoms with van der Waals surface area (Å²) in [6.45, 7) is 2.38. The van der Waals surface area contributed by atoms with Gasteiger partial charge in [-0.05, 0) is 18.8 Å². The zero-order valence-corrected chi connectivity index (χ0v) is 9.72. The molecule has 2 fully saturated rings. The molecular formula is C10H18ClNO3. The van der Waals surface area contributed by atoms with Crippen LogP contribution in [0.2, 0.25) is 0 Å². The van der Waals surface area contributed by atoms with Crippen molar-refractivity contribution < 1.29 is 14.3 Å². The molecular weight excluding hydrogens is 218 g/mol. The van der Waals surface area contributed by atoms with E-state index in [4.69, 9.17) is 9.47 Å². The lowest BCUT2D eigenvalue weighted by Crippen LogP contribution is -2.51. The zero-order chi connectivity index (χ0) is 9.97. The van der Waals surface area contributed by atoms with Crippen molar-refractivity contribution in [1.82, 2.24) is 5.32 Å². The largest absolute Gasteiger partial charge is 0.469 e. The molecule has 2 rings (SSSR count). The van der Waals surface area contributed by atoms with Gasteiger partial charge in [0.05, 0.1) is 19.6 Å². The Hall–Kier alpha value is -0.320. The molecule has 0 aromatic heterocycles.